The van der Waals surface area contributed by atoms with E-state index in [-0.39, 0.29) is 18.1 Å². The molecule has 2 aromatic heterocycles. The maximum atomic E-state index is 13.4. The predicted octanol–water partition coefficient (Wildman–Crippen LogP) is 3.49. The molecule has 0 fully saturated rings. The minimum atomic E-state index is -0.833. The van der Waals surface area contributed by atoms with E-state index < -0.39 is 11.9 Å². The highest BCUT2D eigenvalue weighted by atomic mass is 32.1. The average Bonchev–Trinajstić information content (AvgIpc) is 3.24. The van der Waals surface area contributed by atoms with Crippen LogP contribution in [-0.4, -0.2) is 22.8 Å². The number of aryl methyl sites for hydroxylation is 1. The van der Waals surface area contributed by atoms with Gasteiger partial charge >= 0.3 is 0 Å². The van der Waals surface area contributed by atoms with Gasteiger partial charge in [-0.1, -0.05) is 6.92 Å². The number of halogens is 1. The lowest BCUT2D eigenvalue weighted by atomic mass is 10.0. The van der Waals surface area contributed by atoms with Crippen molar-refractivity contribution in [3.63, 3.8) is 0 Å². The maximum Gasteiger partial charge on any atom is 0.247 e. The van der Waals surface area contributed by atoms with Gasteiger partial charge in [-0.25, -0.2) is 4.39 Å². The number of amides is 2. The number of nitriles is 1. The number of thiophene rings is 1. The van der Waals surface area contributed by atoms with Crippen LogP contribution < -0.4 is 10.6 Å². The fourth-order valence-electron chi connectivity index (χ4n) is 2.99. The summed E-state index contributed by atoms with van der Waals surface area (Å²) >= 11 is 1.35. The molecule has 0 aliphatic rings. The molecular weight excluding hydrogens is 379 g/mol. The molecule has 28 heavy (non-hydrogen) atoms. The first-order valence-electron chi connectivity index (χ1n) is 8.77. The normalized spacial score (nSPS) is 11.8. The van der Waals surface area contributed by atoms with Crippen LogP contribution in [0.2, 0.25) is 0 Å². The summed E-state index contributed by atoms with van der Waals surface area (Å²) in [6.07, 6.45) is 2.69. The van der Waals surface area contributed by atoms with Crippen LogP contribution in [0.4, 0.5) is 9.39 Å². The largest absolute Gasteiger partial charge is 0.361 e. The molecule has 0 saturated heterocycles. The number of aromatic nitrogens is 1. The zero-order valence-corrected chi connectivity index (χ0v) is 16.2. The van der Waals surface area contributed by atoms with E-state index in [9.17, 15) is 19.2 Å². The Morgan fingerprint density at radius 3 is 2.82 bits per heavy atom. The van der Waals surface area contributed by atoms with E-state index in [1.807, 2.05) is 6.92 Å². The van der Waals surface area contributed by atoms with Crippen LogP contribution in [0, 0.1) is 17.1 Å². The quantitative estimate of drug-likeness (QED) is 0.593. The number of aromatic amines is 1. The minimum Gasteiger partial charge on any atom is -0.361 e. The third-order valence-electron chi connectivity index (χ3n) is 4.34. The smallest absolute Gasteiger partial charge is 0.247 e. The number of H-pyrrole nitrogens is 1. The Labute approximate surface area is 165 Å². The fourth-order valence-corrected chi connectivity index (χ4v) is 3.94. The highest BCUT2D eigenvalue weighted by molar-refractivity contribution is 7.16. The van der Waals surface area contributed by atoms with Crippen molar-refractivity contribution in [2.75, 3.05) is 5.32 Å². The molecule has 3 N–H and O–H groups in total. The van der Waals surface area contributed by atoms with Gasteiger partial charge in [0.1, 0.15) is 22.9 Å². The molecule has 1 aromatic carbocycles. The van der Waals surface area contributed by atoms with Crippen molar-refractivity contribution in [2.45, 2.75) is 32.7 Å². The van der Waals surface area contributed by atoms with Crippen molar-refractivity contribution < 1.29 is 14.0 Å². The Kier molecular flexibility index (Phi) is 5.76. The summed E-state index contributed by atoms with van der Waals surface area (Å²) in [6, 6.07) is 7.37. The van der Waals surface area contributed by atoms with Gasteiger partial charge in [0.25, 0.3) is 0 Å². The predicted molar refractivity (Wildman–Crippen MR) is 107 cm³/mol. The number of carbonyl (C=O) groups is 2. The second-order valence-corrected chi connectivity index (χ2v) is 7.51. The van der Waals surface area contributed by atoms with Crippen LogP contribution in [-0.2, 0) is 22.4 Å². The monoisotopic (exact) mass is 398 g/mol. The van der Waals surface area contributed by atoms with E-state index in [1.54, 1.807) is 18.3 Å². The molecule has 8 heteroatoms. The summed E-state index contributed by atoms with van der Waals surface area (Å²) in [4.78, 5) is 28.4. The number of hydrogen-bond donors (Lipinski definition) is 3. The summed E-state index contributed by atoms with van der Waals surface area (Å²) in [5.41, 5.74) is 1.80. The number of benzene rings is 1. The highest BCUT2D eigenvalue weighted by Crippen LogP contribution is 2.28. The third-order valence-corrected chi connectivity index (χ3v) is 5.53. The zero-order chi connectivity index (χ0) is 20.3. The molecular formula is C20H19FN4O2S. The van der Waals surface area contributed by atoms with Crippen LogP contribution in [0.3, 0.4) is 0 Å². The summed E-state index contributed by atoms with van der Waals surface area (Å²) in [6.45, 7) is 3.31. The molecule has 0 bridgehead atoms. The van der Waals surface area contributed by atoms with Gasteiger partial charge in [0, 0.05) is 35.3 Å². The van der Waals surface area contributed by atoms with Crippen molar-refractivity contribution in [1.82, 2.24) is 10.3 Å². The molecule has 0 aliphatic heterocycles. The molecule has 2 amide bonds. The molecule has 0 saturated carbocycles. The first-order chi connectivity index (χ1) is 13.4. The molecule has 3 aromatic rings. The second-order valence-electron chi connectivity index (χ2n) is 6.37. The van der Waals surface area contributed by atoms with Gasteiger partial charge in [-0.05, 0) is 36.2 Å². The van der Waals surface area contributed by atoms with E-state index in [4.69, 9.17) is 0 Å². The Balaban J connectivity index is 1.85. The fraction of sp³-hybridized carbons (Fsp3) is 0.250. The van der Waals surface area contributed by atoms with Crippen LogP contribution >= 0.6 is 11.3 Å². The minimum absolute atomic E-state index is 0.227. The Morgan fingerprint density at radius 2 is 2.14 bits per heavy atom. The Bertz CT molecular complexity index is 1080. The van der Waals surface area contributed by atoms with Crippen molar-refractivity contribution in [2.24, 2.45) is 0 Å². The molecule has 6 nitrogen and oxygen atoms in total. The molecule has 2 heterocycles. The maximum absolute atomic E-state index is 13.4. The van der Waals surface area contributed by atoms with Gasteiger partial charge in [-0.2, -0.15) is 5.26 Å². The highest BCUT2D eigenvalue weighted by Gasteiger charge is 2.23. The molecule has 0 spiro atoms. The lowest BCUT2D eigenvalue weighted by Crippen LogP contribution is -2.44. The average molecular weight is 398 g/mol. The Hall–Kier alpha value is -3.18. The lowest BCUT2D eigenvalue weighted by Gasteiger charge is -2.17. The topological polar surface area (TPSA) is 97.8 Å². The van der Waals surface area contributed by atoms with Crippen LogP contribution in [0.5, 0.6) is 0 Å². The summed E-state index contributed by atoms with van der Waals surface area (Å²) in [5, 5.41) is 15.9. The summed E-state index contributed by atoms with van der Waals surface area (Å²) in [5.74, 6) is -1.11. The number of rotatable bonds is 6. The van der Waals surface area contributed by atoms with Crippen molar-refractivity contribution >= 4 is 39.1 Å². The lowest BCUT2D eigenvalue weighted by molar-refractivity contribution is -0.125. The van der Waals surface area contributed by atoms with Gasteiger partial charge in [-0.3, -0.25) is 9.59 Å². The SMILES string of the molecule is CCc1cc(C#N)c(NC(=O)C(Cc2c[nH]c3cc(F)ccc23)NC(C)=O)s1. The van der Waals surface area contributed by atoms with E-state index in [0.717, 1.165) is 22.2 Å². The zero-order valence-electron chi connectivity index (χ0n) is 15.4. The molecule has 144 valence electrons. The van der Waals surface area contributed by atoms with Crippen molar-refractivity contribution in [3.05, 3.63) is 52.3 Å². The molecule has 1 unspecified atom stereocenters. The number of carbonyl (C=O) groups excluding carboxylic acids is 2. The first kappa shape index (κ1) is 19.6. The van der Waals surface area contributed by atoms with Gasteiger partial charge in [0.15, 0.2) is 0 Å². The van der Waals surface area contributed by atoms with E-state index in [0.29, 0.717) is 16.1 Å². The standard InChI is InChI=1S/C20H19FN4O2S/c1-3-15-6-12(9-22)20(28-15)25-19(27)18(24-11(2)26)7-13-10-23-17-8-14(21)4-5-16(13)17/h4-6,8,10,18,23H,3,7H2,1-2H3,(H,24,26)(H,25,27). The number of nitrogens with one attached hydrogen (secondary N) is 3. The van der Waals surface area contributed by atoms with Gasteiger partial charge < -0.3 is 15.6 Å². The molecule has 3 rings (SSSR count). The summed E-state index contributed by atoms with van der Waals surface area (Å²) < 4.78 is 13.4. The van der Waals surface area contributed by atoms with Crippen LogP contribution in [0.15, 0.2) is 30.5 Å². The first-order valence-corrected chi connectivity index (χ1v) is 9.59. The molecule has 0 radical (unpaired) electrons. The van der Waals surface area contributed by atoms with E-state index in [1.165, 1.54) is 30.4 Å². The van der Waals surface area contributed by atoms with Gasteiger partial charge in [-0.15, -0.1) is 11.3 Å². The molecule has 1 atom stereocenters. The van der Waals surface area contributed by atoms with Crippen LogP contribution in [0.1, 0.15) is 29.9 Å². The Morgan fingerprint density at radius 1 is 1.36 bits per heavy atom. The van der Waals surface area contributed by atoms with Gasteiger partial charge in [0.05, 0.1) is 5.56 Å². The number of hydrogen-bond acceptors (Lipinski definition) is 4. The number of anilines is 1. The van der Waals surface area contributed by atoms with Crippen molar-refractivity contribution in [1.29, 1.82) is 5.26 Å². The van der Waals surface area contributed by atoms with E-state index in [2.05, 4.69) is 21.7 Å². The number of nitrogens with zero attached hydrogens (tertiary/aromatic N) is 1. The van der Waals surface area contributed by atoms with Crippen LogP contribution in [0.25, 0.3) is 10.9 Å². The van der Waals surface area contributed by atoms with E-state index >= 15 is 0 Å². The number of fused-ring (bicyclic) bond motifs is 1. The second kappa shape index (κ2) is 8.23. The molecule has 0 aliphatic carbocycles. The third kappa shape index (κ3) is 4.21. The van der Waals surface area contributed by atoms with Gasteiger partial charge in [0.2, 0.25) is 11.8 Å². The van der Waals surface area contributed by atoms with Crippen molar-refractivity contribution in [3.8, 4) is 6.07 Å². The summed E-state index contributed by atoms with van der Waals surface area (Å²) in [7, 11) is 0.